The molecule has 102 valence electrons. The van der Waals surface area contributed by atoms with E-state index in [0.717, 1.165) is 18.4 Å². The van der Waals surface area contributed by atoms with E-state index in [9.17, 15) is 4.79 Å². The van der Waals surface area contributed by atoms with Crippen LogP contribution in [0, 0.1) is 0 Å². The van der Waals surface area contributed by atoms with Gasteiger partial charge in [-0.3, -0.25) is 4.79 Å². The fraction of sp³-hybridized carbons (Fsp3) is 0.429. The minimum Gasteiger partial charge on any atom is -0.484 e. The normalized spacial score (nSPS) is 15.1. The van der Waals surface area contributed by atoms with Crippen LogP contribution in [0.1, 0.15) is 31.7 Å². The first-order chi connectivity index (χ1) is 9.22. The summed E-state index contributed by atoms with van der Waals surface area (Å²) in [6.45, 7) is 1.95. The van der Waals surface area contributed by atoms with Crippen molar-refractivity contribution in [2.24, 2.45) is 5.16 Å². The average Bonchev–Trinajstić information content (AvgIpc) is 3.23. The standard InChI is InChI=1S/C14H18N2O3/c1-2-13(16-18)10-3-7-12(8-4-10)19-9-14(17)15-11-5-6-11/h3-4,7-8,11,18H,2,5-6,9H2,1H3,(H,15,17)/b16-13+. The lowest BCUT2D eigenvalue weighted by Gasteiger charge is -2.07. The number of hydrogen-bond acceptors (Lipinski definition) is 4. The molecular formula is C14H18N2O3. The van der Waals surface area contributed by atoms with Crippen molar-refractivity contribution >= 4 is 11.6 Å². The van der Waals surface area contributed by atoms with Crippen LogP contribution < -0.4 is 10.1 Å². The van der Waals surface area contributed by atoms with Crippen molar-refractivity contribution < 1.29 is 14.7 Å². The molecule has 2 rings (SSSR count). The Bertz CT molecular complexity index is 464. The number of rotatable bonds is 6. The Balaban J connectivity index is 1.85. The number of nitrogens with zero attached hydrogens (tertiary/aromatic N) is 1. The lowest BCUT2D eigenvalue weighted by atomic mass is 10.1. The van der Waals surface area contributed by atoms with E-state index in [1.165, 1.54) is 0 Å². The van der Waals surface area contributed by atoms with E-state index in [4.69, 9.17) is 9.94 Å². The summed E-state index contributed by atoms with van der Waals surface area (Å²) in [5, 5.41) is 14.9. The molecule has 0 radical (unpaired) electrons. The van der Waals surface area contributed by atoms with E-state index in [-0.39, 0.29) is 12.5 Å². The fourth-order valence-corrected chi connectivity index (χ4v) is 1.72. The summed E-state index contributed by atoms with van der Waals surface area (Å²) in [7, 11) is 0. The largest absolute Gasteiger partial charge is 0.484 e. The predicted molar refractivity (Wildman–Crippen MR) is 71.7 cm³/mol. The predicted octanol–water partition coefficient (Wildman–Crippen LogP) is 1.93. The van der Waals surface area contributed by atoms with Crippen LogP contribution in [-0.4, -0.2) is 29.5 Å². The molecule has 0 aromatic heterocycles. The molecule has 19 heavy (non-hydrogen) atoms. The van der Waals surface area contributed by atoms with Crippen molar-refractivity contribution in [3.8, 4) is 5.75 Å². The molecular weight excluding hydrogens is 244 g/mol. The molecule has 1 aliphatic carbocycles. The van der Waals surface area contributed by atoms with Crippen LogP contribution in [0.3, 0.4) is 0 Å². The van der Waals surface area contributed by atoms with Crippen molar-refractivity contribution in [2.75, 3.05) is 6.61 Å². The monoisotopic (exact) mass is 262 g/mol. The number of ether oxygens (including phenoxy) is 1. The highest BCUT2D eigenvalue weighted by molar-refractivity contribution is 6.00. The third-order valence-corrected chi connectivity index (χ3v) is 2.96. The molecule has 0 spiro atoms. The fourth-order valence-electron chi connectivity index (χ4n) is 1.72. The van der Waals surface area contributed by atoms with Gasteiger partial charge in [-0.05, 0) is 49.1 Å². The maximum atomic E-state index is 11.4. The van der Waals surface area contributed by atoms with Crippen molar-refractivity contribution in [1.29, 1.82) is 0 Å². The topological polar surface area (TPSA) is 70.9 Å². The zero-order chi connectivity index (χ0) is 13.7. The van der Waals surface area contributed by atoms with E-state index >= 15 is 0 Å². The lowest BCUT2D eigenvalue weighted by Crippen LogP contribution is -2.30. The van der Waals surface area contributed by atoms with Crippen LogP contribution >= 0.6 is 0 Å². The SMILES string of the molecule is CC/C(=N\O)c1ccc(OCC(=O)NC2CC2)cc1. The molecule has 1 amide bonds. The molecule has 1 saturated carbocycles. The van der Waals surface area contributed by atoms with Crippen LogP contribution in [0.4, 0.5) is 0 Å². The van der Waals surface area contributed by atoms with Crippen molar-refractivity contribution in [3.63, 3.8) is 0 Å². The van der Waals surface area contributed by atoms with Crippen molar-refractivity contribution in [2.45, 2.75) is 32.2 Å². The Labute approximate surface area is 112 Å². The molecule has 1 aromatic carbocycles. The van der Waals surface area contributed by atoms with Gasteiger partial charge in [0, 0.05) is 6.04 Å². The second-order valence-corrected chi connectivity index (χ2v) is 4.56. The molecule has 5 nitrogen and oxygen atoms in total. The number of oxime groups is 1. The third kappa shape index (κ3) is 3.98. The summed E-state index contributed by atoms with van der Waals surface area (Å²) >= 11 is 0. The van der Waals surface area contributed by atoms with Crippen LogP contribution in [0.5, 0.6) is 5.75 Å². The summed E-state index contributed by atoms with van der Waals surface area (Å²) < 4.78 is 5.38. The highest BCUT2D eigenvalue weighted by Gasteiger charge is 2.23. The zero-order valence-electron chi connectivity index (χ0n) is 10.9. The molecule has 0 saturated heterocycles. The quantitative estimate of drug-likeness (QED) is 0.467. The Morgan fingerprint density at radius 1 is 1.42 bits per heavy atom. The highest BCUT2D eigenvalue weighted by Crippen LogP contribution is 2.18. The van der Waals surface area contributed by atoms with Gasteiger partial charge >= 0.3 is 0 Å². The molecule has 0 aliphatic heterocycles. The average molecular weight is 262 g/mol. The van der Waals surface area contributed by atoms with Gasteiger partial charge in [-0.25, -0.2) is 0 Å². The second kappa shape index (κ2) is 6.22. The lowest BCUT2D eigenvalue weighted by molar-refractivity contribution is -0.123. The molecule has 1 aromatic rings. The van der Waals surface area contributed by atoms with E-state index in [0.29, 0.717) is 23.9 Å². The van der Waals surface area contributed by atoms with Gasteiger partial charge in [-0.15, -0.1) is 0 Å². The van der Waals surface area contributed by atoms with Crippen molar-refractivity contribution in [3.05, 3.63) is 29.8 Å². The number of benzene rings is 1. The Hall–Kier alpha value is -2.04. The number of carbonyl (C=O) groups is 1. The summed E-state index contributed by atoms with van der Waals surface area (Å²) in [6.07, 6.45) is 2.79. The molecule has 0 unspecified atom stereocenters. The molecule has 1 aliphatic rings. The van der Waals surface area contributed by atoms with E-state index in [1.807, 2.05) is 19.1 Å². The first-order valence-corrected chi connectivity index (χ1v) is 6.46. The maximum absolute atomic E-state index is 11.4. The van der Waals surface area contributed by atoms with Gasteiger partial charge in [0.15, 0.2) is 6.61 Å². The molecule has 0 atom stereocenters. The summed E-state index contributed by atoms with van der Waals surface area (Å²) in [4.78, 5) is 11.4. The molecule has 0 bridgehead atoms. The van der Waals surface area contributed by atoms with Gasteiger partial charge in [0.2, 0.25) is 0 Å². The number of carbonyl (C=O) groups excluding carboxylic acids is 1. The zero-order valence-corrected chi connectivity index (χ0v) is 10.9. The van der Waals surface area contributed by atoms with E-state index < -0.39 is 0 Å². The summed E-state index contributed by atoms with van der Waals surface area (Å²) in [5.41, 5.74) is 1.47. The van der Waals surface area contributed by atoms with Gasteiger partial charge < -0.3 is 15.3 Å². The minimum atomic E-state index is -0.0854. The number of hydrogen-bond donors (Lipinski definition) is 2. The van der Waals surface area contributed by atoms with Crippen LogP contribution in [-0.2, 0) is 4.79 Å². The minimum absolute atomic E-state index is 0.0323. The van der Waals surface area contributed by atoms with Crippen molar-refractivity contribution in [1.82, 2.24) is 5.32 Å². The van der Waals surface area contributed by atoms with Crippen LogP contribution in [0.25, 0.3) is 0 Å². The highest BCUT2D eigenvalue weighted by atomic mass is 16.5. The van der Waals surface area contributed by atoms with Gasteiger partial charge in [0.25, 0.3) is 5.91 Å². The third-order valence-electron chi connectivity index (χ3n) is 2.96. The molecule has 5 heteroatoms. The Morgan fingerprint density at radius 3 is 2.63 bits per heavy atom. The smallest absolute Gasteiger partial charge is 0.258 e. The molecule has 1 fully saturated rings. The Morgan fingerprint density at radius 2 is 2.11 bits per heavy atom. The van der Waals surface area contributed by atoms with Gasteiger partial charge in [-0.2, -0.15) is 0 Å². The first kappa shape index (κ1) is 13.4. The van der Waals surface area contributed by atoms with Gasteiger partial charge in [-0.1, -0.05) is 12.1 Å². The first-order valence-electron chi connectivity index (χ1n) is 6.46. The second-order valence-electron chi connectivity index (χ2n) is 4.56. The number of nitrogens with one attached hydrogen (secondary N) is 1. The molecule has 2 N–H and O–H groups in total. The Kier molecular flexibility index (Phi) is 4.39. The summed E-state index contributed by atoms with van der Waals surface area (Å²) in [6, 6.07) is 7.51. The van der Waals surface area contributed by atoms with Gasteiger partial charge in [0.1, 0.15) is 5.75 Å². The summed E-state index contributed by atoms with van der Waals surface area (Å²) in [5.74, 6) is 0.542. The maximum Gasteiger partial charge on any atom is 0.258 e. The number of amides is 1. The van der Waals surface area contributed by atoms with Crippen LogP contribution in [0.2, 0.25) is 0 Å². The van der Waals surface area contributed by atoms with Crippen LogP contribution in [0.15, 0.2) is 29.4 Å². The van der Waals surface area contributed by atoms with Gasteiger partial charge in [0.05, 0.1) is 5.71 Å². The van der Waals surface area contributed by atoms with E-state index in [2.05, 4.69) is 10.5 Å². The van der Waals surface area contributed by atoms with E-state index in [1.54, 1.807) is 12.1 Å². The molecule has 0 heterocycles.